The van der Waals surface area contributed by atoms with Gasteiger partial charge < -0.3 is 9.47 Å². The van der Waals surface area contributed by atoms with E-state index in [2.05, 4.69) is 4.98 Å². The van der Waals surface area contributed by atoms with Gasteiger partial charge in [0.1, 0.15) is 5.69 Å². The summed E-state index contributed by atoms with van der Waals surface area (Å²) < 4.78 is 13.1. The zero-order chi connectivity index (χ0) is 20.5. The van der Waals surface area contributed by atoms with E-state index in [0.717, 1.165) is 20.8 Å². The van der Waals surface area contributed by atoms with Gasteiger partial charge in [-0.2, -0.15) is 5.10 Å². The topological polar surface area (TPSA) is 66.2 Å². The van der Waals surface area contributed by atoms with Crippen LogP contribution in [-0.2, 0) is 0 Å². The van der Waals surface area contributed by atoms with Crippen LogP contribution in [0, 0.1) is 6.92 Å². The first kappa shape index (κ1) is 19.1. The van der Waals surface area contributed by atoms with E-state index in [1.807, 2.05) is 62.4 Å². The number of benzene rings is 2. The van der Waals surface area contributed by atoms with Crippen molar-refractivity contribution in [3.05, 3.63) is 69.5 Å². The van der Waals surface area contributed by atoms with Gasteiger partial charge in [-0.15, -0.1) is 11.3 Å². The number of thiazole rings is 1. The van der Waals surface area contributed by atoms with Crippen molar-refractivity contribution in [1.82, 2.24) is 14.8 Å². The summed E-state index contributed by atoms with van der Waals surface area (Å²) in [7, 11) is 3.20. The minimum Gasteiger partial charge on any atom is -0.493 e. The van der Waals surface area contributed by atoms with Crippen LogP contribution >= 0.6 is 11.3 Å². The van der Waals surface area contributed by atoms with Gasteiger partial charge in [0.15, 0.2) is 17.0 Å². The largest absolute Gasteiger partial charge is 0.493 e. The summed E-state index contributed by atoms with van der Waals surface area (Å²) in [4.78, 5) is 17.7. The third-order valence-electron chi connectivity index (χ3n) is 4.87. The molecule has 148 valence electrons. The van der Waals surface area contributed by atoms with Crippen molar-refractivity contribution in [2.24, 2.45) is 0 Å². The van der Waals surface area contributed by atoms with Crippen LogP contribution in [0.1, 0.15) is 23.5 Å². The Morgan fingerprint density at radius 3 is 2.45 bits per heavy atom. The van der Waals surface area contributed by atoms with E-state index in [1.54, 1.807) is 14.2 Å². The second-order valence-electron chi connectivity index (χ2n) is 6.67. The Kier molecular flexibility index (Phi) is 5.07. The van der Waals surface area contributed by atoms with Gasteiger partial charge in [-0.05, 0) is 37.6 Å². The van der Waals surface area contributed by atoms with Crippen LogP contribution in [0.2, 0.25) is 0 Å². The maximum absolute atomic E-state index is 13.2. The van der Waals surface area contributed by atoms with Gasteiger partial charge in [-0.3, -0.25) is 4.79 Å². The number of rotatable bonds is 5. The molecule has 4 rings (SSSR count). The molecule has 29 heavy (non-hydrogen) atoms. The van der Waals surface area contributed by atoms with Crippen molar-refractivity contribution >= 4 is 21.6 Å². The summed E-state index contributed by atoms with van der Waals surface area (Å²) in [5.41, 5.74) is 2.80. The number of hydrogen-bond acceptors (Lipinski definition) is 6. The molecule has 0 N–H and O–H groups in total. The van der Waals surface area contributed by atoms with Crippen LogP contribution in [0.4, 0.5) is 0 Å². The first-order valence-electron chi connectivity index (χ1n) is 9.20. The molecular weight excluding hydrogens is 386 g/mol. The highest BCUT2D eigenvalue weighted by molar-refractivity contribution is 7.19. The molecule has 0 bridgehead atoms. The third kappa shape index (κ3) is 3.38. The number of methoxy groups -OCH3 is 2. The quantitative estimate of drug-likeness (QED) is 0.489. The second-order valence-corrected chi connectivity index (χ2v) is 7.87. The molecule has 0 saturated carbocycles. The molecule has 0 aliphatic heterocycles. The average Bonchev–Trinajstić information content (AvgIpc) is 3.15. The molecule has 0 saturated heterocycles. The molecule has 0 unspecified atom stereocenters. The Balaban J connectivity index is 1.97. The van der Waals surface area contributed by atoms with Crippen molar-refractivity contribution < 1.29 is 9.47 Å². The molecule has 0 spiro atoms. The van der Waals surface area contributed by atoms with Gasteiger partial charge in [-0.1, -0.05) is 30.3 Å². The first-order valence-corrected chi connectivity index (χ1v) is 10.0. The molecule has 1 atom stereocenters. The van der Waals surface area contributed by atoms with E-state index >= 15 is 0 Å². The van der Waals surface area contributed by atoms with Gasteiger partial charge in [-0.25, -0.2) is 9.67 Å². The molecular formula is C22H21N3O3S. The van der Waals surface area contributed by atoms with Gasteiger partial charge >= 0.3 is 0 Å². The monoisotopic (exact) mass is 407 g/mol. The van der Waals surface area contributed by atoms with Gasteiger partial charge in [0.05, 0.1) is 30.0 Å². The Morgan fingerprint density at radius 1 is 1.03 bits per heavy atom. The van der Waals surface area contributed by atoms with Crippen molar-refractivity contribution in [3.8, 4) is 22.8 Å². The fraction of sp³-hybridized carbons (Fsp3) is 0.227. The number of ether oxygens (including phenoxy) is 2. The third-order valence-corrected chi connectivity index (χ3v) is 5.85. The molecule has 0 aliphatic carbocycles. The predicted molar refractivity (Wildman–Crippen MR) is 115 cm³/mol. The highest BCUT2D eigenvalue weighted by atomic mass is 32.1. The smallest absolute Gasteiger partial charge is 0.294 e. The van der Waals surface area contributed by atoms with Crippen LogP contribution in [0.5, 0.6) is 11.5 Å². The lowest BCUT2D eigenvalue weighted by Crippen LogP contribution is -2.27. The van der Waals surface area contributed by atoms with E-state index in [1.165, 1.54) is 16.0 Å². The maximum Gasteiger partial charge on any atom is 0.294 e. The number of fused-ring (bicyclic) bond motifs is 1. The zero-order valence-corrected chi connectivity index (χ0v) is 17.5. The highest BCUT2D eigenvalue weighted by Crippen LogP contribution is 2.35. The molecule has 6 nitrogen and oxygen atoms in total. The molecule has 2 heterocycles. The normalized spacial score (nSPS) is 12.1. The molecule has 7 heteroatoms. The molecule has 0 radical (unpaired) electrons. The molecule has 0 fully saturated rings. The number of aryl methyl sites for hydroxylation is 1. The molecule has 2 aromatic carbocycles. The van der Waals surface area contributed by atoms with E-state index in [4.69, 9.17) is 14.6 Å². The first-order chi connectivity index (χ1) is 14.0. The van der Waals surface area contributed by atoms with Crippen LogP contribution in [0.25, 0.3) is 21.5 Å². The molecule has 4 aromatic rings. The summed E-state index contributed by atoms with van der Waals surface area (Å²) in [5, 5.41) is 5.59. The van der Waals surface area contributed by atoms with E-state index in [0.29, 0.717) is 22.7 Å². The summed E-state index contributed by atoms with van der Waals surface area (Å²) >= 11 is 1.47. The number of nitrogens with zero attached hydrogens (tertiary/aromatic N) is 3. The fourth-order valence-corrected chi connectivity index (χ4v) is 4.26. The summed E-state index contributed by atoms with van der Waals surface area (Å²) in [6, 6.07) is 15.2. The Morgan fingerprint density at radius 2 is 1.76 bits per heavy atom. The van der Waals surface area contributed by atoms with E-state index < -0.39 is 0 Å². The Labute approximate surface area is 172 Å². The van der Waals surface area contributed by atoms with Gasteiger partial charge in [0.2, 0.25) is 0 Å². The standard InChI is InChI=1S/C22H21N3O3S/c1-13(15-8-6-5-7-9-15)25-22(26)20-21(29-14(2)23-20)19(24-25)16-10-11-17(27-3)18(12-16)28-4/h5-13H,1-4H3/t13-/m1/s1. The number of hydrogen-bond donors (Lipinski definition) is 0. The highest BCUT2D eigenvalue weighted by Gasteiger charge is 2.20. The van der Waals surface area contributed by atoms with Crippen LogP contribution in [-0.4, -0.2) is 29.0 Å². The Bertz CT molecular complexity index is 1230. The summed E-state index contributed by atoms with van der Waals surface area (Å²) in [5.74, 6) is 1.24. The SMILES string of the molecule is COc1ccc(-c2nn([C@H](C)c3ccccc3)c(=O)c3nc(C)sc23)cc1OC. The Hall–Kier alpha value is -3.19. The van der Waals surface area contributed by atoms with Crippen molar-refractivity contribution in [1.29, 1.82) is 0 Å². The lowest BCUT2D eigenvalue weighted by molar-refractivity contribution is 0.355. The molecule has 0 aliphatic rings. The van der Waals surface area contributed by atoms with Gasteiger partial charge in [0, 0.05) is 5.56 Å². The predicted octanol–water partition coefficient (Wildman–Crippen LogP) is 4.45. The lowest BCUT2D eigenvalue weighted by Gasteiger charge is -2.16. The molecule has 0 amide bonds. The minimum atomic E-state index is -0.228. The van der Waals surface area contributed by atoms with Crippen molar-refractivity contribution in [2.75, 3.05) is 14.2 Å². The van der Waals surface area contributed by atoms with Crippen molar-refractivity contribution in [2.45, 2.75) is 19.9 Å². The average molecular weight is 407 g/mol. The van der Waals surface area contributed by atoms with Crippen LogP contribution in [0.3, 0.4) is 0 Å². The molecule has 2 aromatic heterocycles. The lowest BCUT2D eigenvalue weighted by atomic mass is 10.1. The second kappa shape index (κ2) is 7.67. The van der Waals surface area contributed by atoms with Crippen LogP contribution in [0.15, 0.2) is 53.3 Å². The van der Waals surface area contributed by atoms with E-state index in [9.17, 15) is 4.79 Å². The van der Waals surface area contributed by atoms with Crippen LogP contribution < -0.4 is 15.0 Å². The van der Waals surface area contributed by atoms with E-state index in [-0.39, 0.29) is 11.6 Å². The van der Waals surface area contributed by atoms with Gasteiger partial charge in [0.25, 0.3) is 5.56 Å². The summed E-state index contributed by atoms with van der Waals surface area (Å²) in [6.07, 6.45) is 0. The maximum atomic E-state index is 13.2. The summed E-state index contributed by atoms with van der Waals surface area (Å²) in [6.45, 7) is 3.86. The minimum absolute atomic E-state index is 0.190. The zero-order valence-electron chi connectivity index (χ0n) is 16.7. The number of aromatic nitrogens is 3. The van der Waals surface area contributed by atoms with Crippen molar-refractivity contribution in [3.63, 3.8) is 0 Å². The fourth-order valence-electron chi connectivity index (χ4n) is 3.35.